The Bertz CT molecular complexity index is 1160. The molecule has 35 heavy (non-hydrogen) atoms. The van der Waals surface area contributed by atoms with E-state index in [2.05, 4.69) is 5.32 Å². The molecule has 2 amide bonds. The maximum Gasteiger partial charge on any atom is 0.248 e. The number of benzene rings is 2. The minimum absolute atomic E-state index is 0.104. The summed E-state index contributed by atoms with van der Waals surface area (Å²) in [4.78, 5) is 30.5. The zero-order chi connectivity index (χ0) is 24.8. The van der Waals surface area contributed by atoms with Gasteiger partial charge in [0, 0.05) is 22.2 Å². The third-order valence-electron chi connectivity index (χ3n) is 6.49. The monoisotopic (exact) mass is 492 g/mol. The van der Waals surface area contributed by atoms with Crippen LogP contribution in [0, 0.1) is 6.92 Å². The van der Waals surface area contributed by atoms with E-state index in [1.54, 1.807) is 25.2 Å². The summed E-state index contributed by atoms with van der Waals surface area (Å²) in [6.07, 6.45) is 4.28. The lowest BCUT2D eigenvalue weighted by molar-refractivity contribution is -0.127. The Hall–Kier alpha value is -3.32. The van der Waals surface area contributed by atoms with Crippen molar-refractivity contribution in [1.82, 2.24) is 5.32 Å². The van der Waals surface area contributed by atoms with Crippen molar-refractivity contribution in [3.05, 3.63) is 76.0 Å². The molecule has 0 saturated heterocycles. The van der Waals surface area contributed by atoms with Crippen LogP contribution in [0.1, 0.15) is 47.7 Å². The van der Waals surface area contributed by atoms with Crippen molar-refractivity contribution in [3.8, 4) is 11.5 Å². The van der Waals surface area contributed by atoms with Crippen LogP contribution in [0.5, 0.6) is 11.5 Å². The van der Waals surface area contributed by atoms with Gasteiger partial charge in [-0.25, -0.2) is 0 Å². The standard InChI is InChI=1S/C28H32N2O4S/c1-19-10-4-7-15-23(19)30(25(31)18-21-13-9-17-35-21)26(28(32)29-20-11-5-6-12-20)22-14-8-16-24(33-2)27(22)34-3/h4,7-10,13-17,20,26H,5-6,11-12,18H2,1-3H3,(H,29,32). The number of carbonyl (C=O) groups excluding carboxylic acids is 2. The molecule has 1 aliphatic rings. The summed E-state index contributed by atoms with van der Waals surface area (Å²) in [5.41, 5.74) is 2.20. The second kappa shape index (κ2) is 11.4. The number of para-hydroxylation sites is 2. The van der Waals surface area contributed by atoms with E-state index in [1.165, 1.54) is 11.3 Å². The van der Waals surface area contributed by atoms with Gasteiger partial charge in [-0.2, -0.15) is 0 Å². The lowest BCUT2D eigenvalue weighted by atomic mass is 9.99. The quantitative estimate of drug-likeness (QED) is 0.431. The smallest absolute Gasteiger partial charge is 0.248 e. The fraction of sp³-hybridized carbons (Fsp3) is 0.357. The maximum absolute atomic E-state index is 14.0. The summed E-state index contributed by atoms with van der Waals surface area (Å²) in [5.74, 6) is 0.590. The van der Waals surface area contributed by atoms with Crippen LogP contribution in [0.25, 0.3) is 0 Å². The minimum atomic E-state index is -0.922. The van der Waals surface area contributed by atoms with Crippen LogP contribution in [0.3, 0.4) is 0 Å². The lowest BCUT2D eigenvalue weighted by Crippen LogP contribution is -2.47. The van der Waals surface area contributed by atoms with Crippen molar-refractivity contribution < 1.29 is 19.1 Å². The first-order chi connectivity index (χ1) is 17.0. The highest BCUT2D eigenvalue weighted by Gasteiger charge is 2.37. The third kappa shape index (κ3) is 5.51. The van der Waals surface area contributed by atoms with Gasteiger partial charge in [-0.3, -0.25) is 14.5 Å². The number of nitrogens with zero attached hydrogens (tertiary/aromatic N) is 1. The number of amides is 2. The number of thiophene rings is 1. The van der Waals surface area contributed by atoms with Gasteiger partial charge in [-0.1, -0.05) is 49.2 Å². The Morgan fingerprint density at radius 1 is 1.03 bits per heavy atom. The van der Waals surface area contributed by atoms with Crippen molar-refractivity contribution >= 4 is 28.8 Å². The molecule has 1 atom stereocenters. The van der Waals surface area contributed by atoms with Crippen molar-refractivity contribution in [2.45, 2.75) is 51.1 Å². The first-order valence-electron chi connectivity index (χ1n) is 11.9. The average Bonchev–Trinajstić information content (AvgIpc) is 3.57. The number of methoxy groups -OCH3 is 2. The Kier molecular flexibility index (Phi) is 8.08. The molecule has 2 aromatic carbocycles. The zero-order valence-corrected chi connectivity index (χ0v) is 21.3. The summed E-state index contributed by atoms with van der Waals surface area (Å²) in [5, 5.41) is 5.18. The maximum atomic E-state index is 14.0. The fourth-order valence-corrected chi connectivity index (χ4v) is 5.47. The molecule has 1 aromatic heterocycles. The lowest BCUT2D eigenvalue weighted by Gasteiger charge is -2.34. The molecular formula is C28H32N2O4S. The van der Waals surface area contributed by atoms with Gasteiger partial charge < -0.3 is 14.8 Å². The fourth-order valence-electron chi connectivity index (χ4n) is 4.77. The van der Waals surface area contributed by atoms with E-state index in [9.17, 15) is 9.59 Å². The van der Waals surface area contributed by atoms with Gasteiger partial charge >= 0.3 is 0 Å². The molecule has 1 heterocycles. The number of anilines is 1. The van der Waals surface area contributed by atoms with Crippen molar-refractivity contribution in [2.24, 2.45) is 0 Å². The predicted molar refractivity (Wildman–Crippen MR) is 139 cm³/mol. The Morgan fingerprint density at radius 2 is 1.80 bits per heavy atom. The summed E-state index contributed by atoms with van der Waals surface area (Å²) < 4.78 is 11.3. The van der Waals surface area contributed by atoms with Gasteiger partial charge in [0.05, 0.1) is 20.6 Å². The van der Waals surface area contributed by atoms with Crippen LogP contribution in [-0.4, -0.2) is 32.1 Å². The molecule has 0 bridgehead atoms. The van der Waals surface area contributed by atoms with E-state index in [1.807, 2.05) is 60.8 Å². The SMILES string of the molecule is COc1cccc(C(C(=O)NC2CCCC2)N(C(=O)Cc2cccs2)c2ccccc2C)c1OC. The molecule has 6 nitrogen and oxygen atoms in total. The molecule has 1 unspecified atom stereocenters. The van der Waals surface area contributed by atoms with E-state index in [4.69, 9.17) is 9.47 Å². The molecule has 3 aromatic rings. The third-order valence-corrected chi connectivity index (χ3v) is 7.36. The molecule has 0 aliphatic heterocycles. The number of aryl methyl sites for hydroxylation is 1. The molecule has 1 aliphatic carbocycles. The normalized spacial score (nSPS) is 14.4. The predicted octanol–water partition coefficient (Wildman–Crippen LogP) is 5.45. The molecule has 0 radical (unpaired) electrons. The highest BCUT2D eigenvalue weighted by Crippen LogP contribution is 2.40. The molecule has 184 valence electrons. The average molecular weight is 493 g/mol. The Morgan fingerprint density at radius 3 is 2.46 bits per heavy atom. The summed E-state index contributed by atoms with van der Waals surface area (Å²) in [7, 11) is 3.12. The van der Waals surface area contributed by atoms with Crippen LogP contribution in [0.15, 0.2) is 60.0 Å². The van der Waals surface area contributed by atoms with Gasteiger partial charge in [0.25, 0.3) is 0 Å². The number of ether oxygens (including phenoxy) is 2. The van der Waals surface area contributed by atoms with Gasteiger partial charge in [0.15, 0.2) is 11.5 Å². The van der Waals surface area contributed by atoms with Crippen LogP contribution < -0.4 is 19.7 Å². The molecule has 1 fully saturated rings. The highest BCUT2D eigenvalue weighted by atomic mass is 32.1. The highest BCUT2D eigenvalue weighted by molar-refractivity contribution is 7.10. The second-order valence-electron chi connectivity index (χ2n) is 8.78. The largest absolute Gasteiger partial charge is 0.493 e. The number of nitrogens with one attached hydrogen (secondary N) is 1. The number of rotatable bonds is 9. The van der Waals surface area contributed by atoms with Gasteiger partial charge in [0.2, 0.25) is 11.8 Å². The van der Waals surface area contributed by atoms with E-state index in [0.717, 1.165) is 36.1 Å². The van der Waals surface area contributed by atoms with Crippen molar-refractivity contribution in [2.75, 3.05) is 19.1 Å². The zero-order valence-electron chi connectivity index (χ0n) is 20.5. The van der Waals surface area contributed by atoms with Crippen LogP contribution >= 0.6 is 11.3 Å². The van der Waals surface area contributed by atoms with Crippen LogP contribution in [0.4, 0.5) is 5.69 Å². The Labute approximate surface area is 210 Å². The van der Waals surface area contributed by atoms with E-state index in [0.29, 0.717) is 22.7 Å². The first-order valence-corrected chi connectivity index (χ1v) is 12.8. The summed E-state index contributed by atoms with van der Waals surface area (Å²) in [6.45, 7) is 1.95. The van der Waals surface area contributed by atoms with Crippen LogP contribution in [-0.2, 0) is 16.0 Å². The number of hydrogen-bond donors (Lipinski definition) is 1. The molecule has 4 rings (SSSR count). The molecule has 1 N–H and O–H groups in total. The van der Waals surface area contributed by atoms with Gasteiger partial charge in [-0.05, 0) is 48.9 Å². The van der Waals surface area contributed by atoms with Gasteiger partial charge in [0.1, 0.15) is 6.04 Å². The Balaban J connectivity index is 1.86. The number of hydrogen-bond acceptors (Lipinski definition) is 5. The van der Waals surface area contributed by atoms with E-state index < -0.39 is 6.04 Å². The summed E-state index contributed by atoms with van der Waals surface area (Å²) in [6, 6.07) is 16.2. The molecule has 0 spiro atoms. The van der Waals surface area contributed by atoms with Crippen molar-refractivity contribution in [1.29, 1.82) is 0 Å². The molecule has 1 saturated carbocycles. The van der Waals surface area contributed by atoms with Crippen molar-refractivity contribution in [3.63, 3.8) is 0 Å². The molecule has 7 heteroatoms. The first kappa shape index (κ1) is 24.8. The molecular weight excluding hydrogens is 460 g/mol. The van der Waals surface area contributed by atoms with E-state index in [-0.39, 0.29) is 24.3 Å². The summed E-state index contributed by atoms with van der Waals surface area (Å²) >= 11 is 1.53. The minimum Gasteiger partial charge on any atom is -0.493 e. The number of carbonyl (C=O) groups is 2. The van der Waals surface area contributed by atoms with Crippen LogP contribution in [0.2, 0.25) is 0 Å². The van der Waals surface area contributed by atoms with E-state index >= 15 is 0 Å². The second-order valence-corrected chi connectivity index (χ2v) is 9.81. The van der Waals surface area contributed by atoms with Gasteiger partial charge in [-0.15, -0.1) is 11.3 Å². The topological polar surface area (TPSA) is 67.9 Å².